The van der Waals surface area contributed by atoms with Gasteiger partial charge in [0, 0.05) is 29.7 Å². The predicted molar refractivity (Wildman–Crippen MR) is 118 cm³/mol. The molecule has 0 aliphatic rings. The maximum absolute atomic E-state index is 11.9. The second-order valence-corrected chi connectivity index (χ2v) is 6.79. The number of rotatable bonds is 7. The molecule has 142 valence electrons. The van der Waals surface area contributed by atoms with Crippen molar-refractivity contribution in [2.45, 2.75) is 33.9 Å². The Balaban J connectivity index is 0.00000338. The molecule has 0 fully saturated rings. The van der Waals surface area contributed by atoms with Crippen molar-refractivity contribution in [3.05, 3.63) is 51.5 Å². The van der Waals surface area contributed by atoms with E-state index in [1.54, 1.807) is 11.3 Å². The Morgan fingerprint density at radius 3 is 2.62 bits per heavy atom. The Morgan fingerprint density at radius 2 is 1.96 bits per heavy atom. The highest BCUT2D eigenvalue weighted by Gasteiger charge is 2.05. The lowest BCUT2D eigenvalue weighted by Gasteiger charge is -2.10. The summed E-state index contributed by atoms with van der Waals surface area (Å²) in [6, 6.07) is 7.54. The van der Waals surface area contributed by atoms with Crippen molar-refractivity contribution in [2.24, 2.45) is 4.99 Å². The van der Waals surface area contributed by atoms with E-state index in [1.807, 2.05) is 51.2 Å². The quantitative estimate of drug-likeness (QED) is 0.319. The third-order valence-corrected chi connectivity index (χ3v) is 4.28. The van der Waals surface area contributed by atoms with Crippen LogP contribution in [-0.2, 0) is 13.1 Å². The van der Waals surface area contributed by atoms with Crippen LogP contribution in [-0.4, -0.2) is 29.9 Å². The molecule has 1 amide bonds. The first-order valence-electron chi connectivity index (χ1n) is 8.43. The fourth-order valence-corrected chi connectivity index (χ4v) is 2.95. The maximum Gasteiger partial charge on any atom is 0.251 e. The molecule has 3 N–H and O–H groups in total. The number of carbonyl (C=O) groups is 1. The number of aromatic nitrogens is 1. The van der Waals surface area contributed by atoms with E-state index in [1.165, 1.54) is 4.88 Å². The number of halogens is 1. The molecule has 1 aromatic carbocycles. The van der Waals surface area contributed by atoms with Crippen LogP contribution in [0.5, 0.6) is 0 Å². The van der Waals surface area contributed by atoms with E-state index in [0.717, 1.165) is 23.1 Å². The molecule has 6 nitrogen and oxygen atoms in total. The van der Waals surface area contributed by atoms with E-state index in [9.17, 15) is 4.79 Å². The number of nitrogens with one attached hydrogen (secondary N) is 3. The molecule has 2 rings (SSSR count). The first-order valence-corrected chi connectivity index (χ1v) is 9.24. The predicted octanol–water partition coefficient (Wildman–Crippen LogP) is 3.07. The number of hydrogen-bond acceptors (Lipinski definition) is 4. The van der Waals surface area contributed by atoms with E-state index < -0.39 is 0 Å². The van der Waals surface area contributed by atoms with Gasteiger partial charge in [-0.1, -0.05) is 12.1 Å². The van der Waals surface area contributed by atoms with E-state index in [0.29, 0.717) is 25.2 Å². The van der Waals surface area contributed by atoms with Crippen LogP contribution < -0.4 is 16.0 Å². The van der Waals surface area contributed by atoms with Crippen LogP contribution in [0.2, 0.25) is 0 Å². The van der Waals surface area contributed by atoms with Crippen molar-refractivity contribution in [3.63, 3.8) is 0 Å². The summed E-state index contributed by atoms with van der Waals surface area (Å²) < 4.78 is 0. The van der Waals surface area contributed by atoms with Gasteiger partial charge in [-0.25, -0.2) is 9.98 Å². The van der Waals surface area contributed by atoms with Crippen LogP contribution >= 0.6 is 35.3 Å². The smallest absolute Gasteiger partial charge is 0.251 e. The zero-order valence-electron chi connectivity index (χ0n) is 15.3. The Kier molecular flexibility index (Phi) is 10.2. The summed E-state index contributed by atoms with van der Waals surface area (Å²) in [5, 5.41) is 10.3. The van der Waals surface area contributed by atoms with Gasteiger partial charge in [-0.05, 0) is 38.5 Å². The summed E-state index contributed by atoms with van der Waals surface area (Å²) in [6.45, 7) is 8.52. The highest BCUT2D eigenvalue weighted by atomic mass is 127. The van der Waals surface area contributed by atoms with Crippen molar-refractivity contribution in [2.75, 3.05) is 13.1 Å². The molecular formula is C18H26IN5OS. The van der Waals surface area contributed by atoms with Crippen LogP contribution in [0.15, 0.2) is 35.5 Å². The molecule has 0 radical (unpaired) electrons. The Hall–Kier alpha value is -1.68. The molecule has 0 aliphatic carbocycles. The molecule has 2 aromatic rings. The van der Waals surface area contributed by atoms with Crippen LogP contribution in [0.25, 0.3) is 0 Å². The minimum Gasteiger partial charge on any atom is -0.357 e. The van der Waals surface area contributed by atoms with Crippen molar-refractivity contribution < 1.29 is 4.79 Å². The largest absolute Gasteiger partial charge is 0.357 e. The van der Waals surface area contributed by atoms with Crippen LogP contribution in [0.4, 0.5) is 0 Å². The van der Waals surface area contributed by atoms with E-state index >= 15 is 0 Å². The van der Waals surface area contributed by atoms with Gasteiger partial charge in [0.25, 0.3) is 5.91 Å². The Bertz CT molecular complexity index is 732. The minimum absolute atomic E-state index is 0. The second kappa shape index (κ2) is 11.8. The molecule has 1 heterocycles. The van der Waals surface area contributed by atoms with Crippen LogP contribution in [0.3, 0.4) is 0 Å². The number of benzene rings is 1. The van der Waals surface area contributed by atoms with Gasteiger partial charge in [0.05, 0.1) is 13.1 Å². The highest BCUT2D eigenvalue weighted by Crippen LogP contribution is 2.10. The Labute approximate surface area is 175 Å². The molecule has 0 saturated heterocycles. The number of nitrogens with zero attached hydrogens (tertiary/aromatic N) is 2. The number of carbonyl (C=O) groups excluding carboxylic acids is 1. The molecule has 26 heavy (non-hydrogen) atoms. The van der Waals surface area contributed by atoms with Gasteiger partial charge < -0.3 is 16.0 Å². The summed E-state index contributed by atoms with van der Waals surface area (Å²) in [4.78, 5) is 22.1. The molecule has 0 spiro atoms. The molecule has 0 bridgehead atoms. The average Bonchev–Trinajstić information content (AvgIpc) is 3.03. The molecule has 1 aromatic heterocycles. The molecule has 0 unspecified atom stereocenters. The number of thiazole rings is 1. The minimum atomic E-state index is -0.0579. The average molecular weight is 487 g/mol. The number of amides is 1. The lowest BCUT2D eigenvalue weighted by atomic mass is 10.1. The first kappa shape index (κ1) is 22.4. The third kappa shape index (κ3) is 7.28. The standard InChI is InChI=1S/C18H25N5OS.HI/c1-4-19-17(24)15-8-6-7-14(9-15)11-22-18(20-5-2)23-12-16-21-10-13(3)25-16;/h6-10H,4-5,11-12H2,1-3H3,(H,19,24)(H2,20,22,23);1H. The van der Waals surface area contributed by atoms with Crippen molar-refractivity contribution in [1.82, 2.24) is 20.9 Å². The van der Waals surface area contributed by atoms with Crippen molar-refractivity contribution in [3.8, 4) is 0 Å². The molecule has 8 heteroatoms. The summed E-state index contributed by atoms with van der Waals surface area (Å²) in [6.07, 6.45) is 1.87. The van der Waals surface area contributed by atoms with Gasteiger partial charge in [-0.15, -0.1) is 35.3 Å². The summed E-state index contributed by atoms with van der Waals surface area (Å²) >= 11 is 1.67. The molecule has 0 saturated carbocycles. The molecular weight excluding hydrogens is 461 g/mol. The van der Waals surface area contributed by atoms with Crippen molar-refractivity contribution >= 4 is 47.2 Å². The number of guanidine groups is 1. The number of aliphatic imine (C=N–C) groups is 1. The van der Waals surface area contributed by atoms with E-state index in [2.05, 4.69) is 25.9 Å². The lowest BCUT2D eigenvalue weighted by molar-refractivity contribution is 0.0955. The van der Waals surface area contributed by atoms with Gasteiger partial charge in [0.1, 0.15) is 5.01 Å². The van der Waals surface area contributed by atoms with Crippen molar-refractivity contribution in [1.29, 1.82) is 0 Å². The van der Waals surface area contributed by atoms with Gasteiger partial charge in [-0.3, -0.25) is 4.79 Å². The topological polar surface area (TPSA) is 78.4 Å². The second-order valence-electron chi connectivity index (χ2n) is 5.47. The SMILES string of the molecule is CCNC(=O)c1cccc(CN=C(NCC)NCc2ncc(C)s2)c1.I. The number of aryl methyl sites for hydroxylation is 1. The van der Waals surface area contributed by atoms with E-state index in [4.69, 9.17) is 0 Å². The summed E-state index contributed by atoms with van der Waals surface area (Å²) in [5.41, 5.74) is 1.65. The maximum atomic E-state index is 11.9. The Morgan fingerprint density at radius 1 is 1.19 bits per heavy atom. The third-order valence-electron chi connectivity index (χ3n) is 3.37. The summed E-state index contributed by atoms with van der Waals surface area (Å²) in [7, 11) is 0. The fraction of sp³-hybridized carbons (Fsp3) is 0.389. The zero-order valence-corrected chi connectivity index (χ0v) is 18.5. The van der Waals surface area contributed by atoms with Gasteiger partial charge in [-0.2, -0.15) is 0 Å². The van der Waals surface area contributed by atoms with Gasteiger partial charge in [0.15, 0.2) is 5.96 Å². The zero-order chi connectivity index (χ0) is 18.1. The van der Waals surface area contributed by atoms with Crippen LogP contribution in [0.1, 0.15) is 39.7 Å². The molecule has 0 aliphatic heterocycles. The van der Waals surface area contributed by atoms with Crippen LogP contribution in [0, 0.1) is 6.92 Å². The lowest BCUT2D eigenvalue weighted by Crippen LogP contribution is -2.36. The van der Waals surface area contributed by atoms with Gasteiger partial charge >= 0.3 is 0 Å². The molecule has 0 atom stereocenters. The van der Waals surface area contributed by atoms with Gasteiger partial charge in [0.2, 0.25) is 0 Å². The first-order chi connectivity index (χ1) is 12.1. The number of hydrogen-bond donors (Lipinski definition) is 3. The fourth-order valence-electron chi connectivity index (χ4n) is 2.23. The highest BCUT2D eigenvalue weighted by molar-refractivity contribution is 14.0. The summed E-state index contributed by atoms with van der Waals surface area (Å²) in [5.74, 6) is 0.677. The normalized spacial score (nSPS) is 10.8. The van der Waals surface area contributed by atoms with E-state index in [-0.39, 0.29) is 29.9 Å². The monoisotopic (exact) mass is 487 g/mol.